The number of hydrogen-bond donors (Lipinski definition) is 1. The van der Waals surface area contributed by atoms with Crippen molar-refractivity contribution in [2.45, 2.75) is 12.1 Å². The van der Waals surface area contributed by atoms with E-state index in [1.165, 1.54) is 23.1 Å². The summed E-state index contributed by atoms with van der Waals surface area (Å²) < 4.78 is 12.3. The molecule has 29 heavy (non-hydrogen) atoms. The van der Waals surface area contributed by atoms with Crippen LogP contribution in [-0.4, -0.2) is 46.1 Å². The standard InChI is InChI=1S/C20H18N6O3/c1-28-15-4-2-3-13(7-15)16-5-6-20(27)26(25-16)18-12-29-11-17(18)24-19-10-22-14(8-21)9-23-19/h2-7,9-10,17-18H,11-12H2,1H3,(H,23,24). The molecule has 9 nitrogen and oxygen atoms in total. The molecule has 3 heterocycles. The summed E-state index contributed by atoms with van der Waals surface area (Å²) in [5.74, 6) is 1.21. The first-order valence-corrected chi connectivity index (χ1v) is 8.98. The van der Waals surface area contributed by atoms with Crippen LogP contribution in [0.4, 0.5) is 5.82 Å². The van der Waals surface area contributed by atoms with Crippen molar-refractivity contribution in [3.05, 3.63) is 64.8 Å². The number of aromatic nitrogens is 4. The number of nitrogens with zero attached hydrogens (tertiary/aromatic N) is 5. The maximum absolute atomic E-state index is 12.5. The minimum atomic E-state index is -0.314. The highest BCUT2D eigenvalue weighted by Gasteiger charge is 2.32. The molecule has 1 saturated heterocycles. The predicted octanol–water partition coefficient (Wildman–Crippen LogP) is 1.63. The molecule has 146 valence electrons. The van der Waals surface area contributed by atoms with E-state index in [0.29, 0.717) is 30.5 Å². The van der Waals surface area contributed by atoms with Crippen LogP contribution in [0.15, 0.2) is 53.6 Å². The molecule has 3 aromatic rings. The van der Waals surface area contributed by atoms with Crippen molar-refractivity contribution >= 4 is 5.82 Å². The quantitative estimate of drug-likeness (QED) is 0.699. The molecule has 1 N–H and O–H groups in total. The summed E-state index contributed by atoms with van der Waals surface area (Å²) in [6.45, 7) is 0.736. The zero-order chi connectivity index (χ0) is 20.2. The van der Waals surface area contributed by atoms with Crippen LogP contribution in [0.5, 0.6) is 5.75 Å². The van der Waals surface area contributed by atoms with Gasteiger partial charge in [0.25, 0.3) is 5.56 Å². The molecule has 4 rings (SSSR count). The highest BCUT2D eigenvalue weighted by atomic mass is 16.5. The molecule has 0 bridgehead atoms. The number of methoxy groups -OCH3 is 1. The van der Waals surface area contributed by atoms with E-state index in [9.17, 15) is 4.79 Å². The molecule has 9 heteroatoms. The molecule has 0 aliphatic carbocycles. The number of nitriles is 1. The second-order valence-electron chi connectivity index (χ2n) is 6.49. The molecule has 1 aliphatic heterocycles. The minimum Gasteiger partial charge on any atom is -0.497 e. The SMILES string of the molecule is COc1cccc(-c2ccc(=O)n(C3COCC3Nc3cnc(C#N)cn3)n2)c1. The van der Waals surface area contributed by atoms with E-state index in [2.05, 4.69) is 20.4 Å². The van der Waals surface area contributed by atoms with Crippen molar-refractivity contribution in [3.8, 4) is 23.1 Å². The number of rotatable bonds is 5. The Morgan fingerprint density at radius 2 is 2.14 bits per heavy atom. The van der Waals surface area contributed by atoms with Crippen LogP contribution in [0.1, 0.15) is 11.7 Å². The summed E-state index contributed by atoms with van der Waals surface area (Å²) in [7, 11) is 1.60. The largest absolute Gasteiger partial charge is 0.497 e. The number of anilines is 1. The zero-order valence-electron chi connectivity index (χ0n) is 15.6. The molecule has 0 saturated carbocycles. The summed E-state index contributed by atoms with van der Waals surface area (Å²) >= 11 is 0. The van der Waals surface area contributed by atoms with Crippen LogP contribution >= 0.6 is 0 Å². The van der Waals surface area contributed by atoms with Crippen LogP contribution in [0.25, 0.3) is 11.3 Å². The molecule has 2 atom stereocenters. The lowest BCUT2D eigenvalue weighted by Gasteiger charge is -2.21. The lowest BCUT2D eigenvalue weighted by molar-refractivity contribution is 0.183. The van der Waals surface area contributed by atoms with Gasteiger partial charge >= 0.3 is 0 Å². The maximum atomic E-state index is 12.5. The molecule has 1 fully saturated rings. The predicted molar refractivity (Wildman–Crippen MR) is 104 cm³/mol. The van der Waals surface area contributed by atoms with E-state index in [1.807, 2.05) is 30.3 Å². The van der Waals surface area contributed by atoms with Crippen LogP contribution in [0.3, 0.4) is 0 Å². The highest BCUT2D eigenvalue weighted by Crippen LogP contribution is 2.24. The third-order valence-corrected chi connectivity index (χ3v) is 4.65. The van der Waals surface area contributed by atoms with Crippen LogP contribution < -0.4 is 15.6 Å². The maximum Gasteiger partial charge on any atom is 0.267 e. The second kappa shape index (κ2) is 8.08. The highest BCUT2D eigenvalue weighted by molar-refractivity contribution is 5.60. The Hall–Kier alpha value is -3.77. The summed E-state index contributed by atoms with van der Waals surface area (Å²) in [6, 6.07) is 12.1. The first kappa shape index (κ1) is 18.6. The summed E-state index contributed by atoms with van der Waals surface area (Å²) in [6.07, 6.45) is 2.87. The lowest BCUT2D eigenvalue weighted by atomic mass is 10.1. The first-order valence-electron chi connectivity index (χ1n) is 8.98. The molecule has 0 amide bonds. The Morgan fingerprint density at radius 1 is 1.24 bits per heavy atom. The van der Waals surface area contributed by atoms with Crippen molar-refractivity contribution in [2.24, 2.45) is 0 Å². The van der Waals surface area contributed by atoms with Gasteiger partial charge in [0.2, 0.25) is 0 Å². The van der Waals surface area contributed by atoms with Crippen molar-refractivity contribution in [3.63, 3.8) is 0 Å². The van der Waals surface area contributed by atoms with Gasteiger partial charge in [0, 0.05) is 11.6 Å². The van der Waals surface area contributed by atoms with E-state index in [1.54, 1.807) is 13.2 Å². The summed E-state index contributed by atoms with van der Waals surface area (Å²) in [4.78, 5) is 20.7. The van der Waals surface area contributed by atoms with Gasteiger partial charge < -0.3 is 14.8 Å². The summed E-state index contributed by atoms with van der Waals surface area (Å²) in [5, 5.41) is 16.6. The van der Waals surface area contributed by atoms with Crippen molar-refractivity contribution in [1.82, 2.24) is 19.7 Å². The fourth-order valence-corrected chi connectivity index (χ4v) is 3.17. The monoisotopic (exact) mass is 390 g/mol. The van der Waals surface area contributed by atoms with Gasteiger partial charge in [-0.2, -0.15) is 10.4 Å². The first-order chi connectivity index (χ1) is 14.2. The number of ether oxygens (including phenoxy) is 2. The van der Waals surface area contributed by atoms with Gasteiger partial charge in [0.15, 0.2) is 5.69 Å². The lowest BCUT2D eigenvalue weighted by Crippen LogP contribution is -2.37. The number of nitrogens with one attached hydrogen (secondary N) is 1. The number of hydrogen-bond acceptors (Lipinski definition) is 8. The van der Waals surface area contributed by atoms with E-state index >= 15 is 0 Å². The molecule has 0 spiro atoms. The van der Waals surface area contributed by atoms with Crippen molar-refractivity contribution in [1.29, 1.82) is 5.26 Å². The molecule has 0 radical (unpaired) electrons. The molecule has 1 aromatic carbocycles. The minimum absolute atomic E-state index is 0.218. The smallest absolute Gasteiger partial charge is 0.267 e. The third kappa shape index (κ3) is 3.93. The Labute approximate surface area is 166 Å². The van der Waals surface area contributed by atoms with E-state index in [0.717, 1.165) is 5.56 Å². The molecule has 2 unspecified atom stereocenters. The fraction of sp³-hybridized carbons (Fsp3) is 0.250. The average Bonchev–Trinajstić information content (AvgIpc) is 3.22. The van der Waals surface area contributed by atoms with Gasteiger partial charge in [-0.05, 0) is 18.2 Å². The molecule has 1 aliphatic rings. The molecular formula is C20H18N6O3. The van der Waals surface area contributed by atoms with Gasteiger partial charge in [-0.3, -0.25) is 4.79 Å². The van der Waals surface area contributed by atoms with Crippen LogP contribution in [0, 0.1) is 11.3 Å². The van der Waals surface area contributed by atoms with Gasteiger partial charge in [0.05, 0.1) is 44.5 Å². The van der Waals surface area contributed by atoms with E-state index in [-0.39, 0.29) is 23.3 Å². The van der Waals surface area contributed by atoms with Crippen molar-refractivity contribution < 1.29 is 9.47 Å². The number of benzene rings is 1. The average molecular weight is 390 g/mol. The van der Waals surface area contributed by atoms with Crippen LogP contribution in [-0.2, 0) is 4.74 Å². The second-order valence-corrected chi connectivity index (χ2v) is 6.49. The summed E-state index contributed by atoms with van der Waals surface area (Å²) in [5.41, 5.74) is 1.52. The van der Waals surface area contributed by atoms with E-state index < -0.39 is 0 Å². The van der Waals surface area contributed by atoms with Gasteiger partial charge in [-0.1, -0.05) is 12.1 Å². The molecule has 2 aromatic heterocycles. The third-order valence-electron chi connectivity index (χ3n) is 4.65. The van der Waals surface area contributed by atoms with Gasteiger partial charge in [0.1, 0.15) is 23.7 Å². The zero-order valence-corrected chi connectivity index (χ0v) is 15.6. The van der Waals surface area contributed by atoms with E-state index in [4.69, 9.17) is 14.7 Å². The Morgan fingerprint density at radius 3 is 2.90 bits per heavy atom. The van der Waals surface area contributed by atoms with Gasteiger partial charge in [-0.25, -0.2) is 14.6 Å². The Bertz CT molecular complexity index is 1110. The normalized spacial score (nSPS) is 18.2. The van der Waals surface area contributed by atoms with Gasteiger partial charge in [-0.15, -0.1) is 0 Å². The topological polar surface area (TPSA) is 115 Å². The fourth-order valence-electron chi connectivity index (χ4n) is 3.17. The molecular weight excluding hydrogens is 372 g/mol. The Balaban J connectivity index is 1.62. The van der Waals surface area contributed by atoms with Crippen molar-refractivity contribution in [2.75, 3.05) is 25.6 Å². The van der Waals surface area contributed by atoms with Crippen LogP contribution in [0.2, 0.25) is 0 Å². The Kier molecular flexibility index (Phi) is 5.18.